The SMILES string of the molecule is COCCOCCOC(F)(F)C(F)OS(=O)(=O)C(F)(F)F. The Balaban J connectivity index is 4.31. The van der Waals surface area contributed by atoms with E-state index in [2.05, 4.69) is 18.4 Å². The van der Waals surface area contributed by atoms with E-state index in [-0.39, 0.29) is 13.2 Å². The van der Waals surface area contributed by atoms with E-state index in [1.165, 1.54) is 7.11 Å². The zero-order valence-electron chi connectivity index (χ0n) is 10.5. The highest BCUT2D eigenvalue weighted by atomic mass is 32.2. The third-order valence-electron chi connectivity index (χ3n) is 1.71. The summed E-state index contributed by atoms with van der Waals surface area (Å²) in [6.45, 7) is -1.19. The number of ether oxygens (including phenoxy) is 3. The molecule has 1 atom stereocenters. The average molecular weight is 350 g/mol. The molecule has 0 aliphatic rings. The van der Waals surface area contributed by atoms with Crippen LogP contribution in [-0.4, -0.2) is 59.9 Å². The predicted octanol–water partition coefficient (Wildman–Crippen LogP) is 1.42. The molecule has 0 bridgehead atoms. The van der Waals surface area contributed by atoms with Crippen molar-refractivity contribution in [1.82, 2.24) is 0 Å². The van der Waals surface area contributed by atoms with Crippen LogP contribution < -0.4 is 0 Å². The molecule has 6 nitrogen and oxygen atoms in total. The number of rotatable bonds is 10. The van der Waals surface area contributed by atoms with Crippen LogP contribution in [0.1, 0.15) is 0 Å². The average Bonchev–Trinajstić information content (AvgIpc) is 2.31. The second-order valence-corrected chi connectivity index (χ2v) is 4.89. The lowest BCUT2D eigenvalue weighted by molar-refractivity contribution is -0.314. The van der Waals surface area contributed by atoms with Crippen molar-refractivity contribution in [2.75, 3.05) is 33.5 Å². The standard InChI is InChI=1S/C8H12F6O6S/c1-17-2-3-18-4-5-19-7(10,11)6(9)20-21(15,16)8(12,13)14/h6H,2-5H2,1H3. The summed E-state index contributed by atoms with van der Waals surface area (Å²) in [6, 6.07) is 0. The first-order chi connectivity index (χ1) is 9.44. The number of halogens is 6. The summed E-state index contributed by atoms with van der Waals surface area (Å²) >= 11 is 0. The van der Waals surface area contributed by atoms with Gasteiger partial charge in [0.2, 0.25) is 0 Å². The molecule has 0 rings (SSSR count). The van der Waals surface area contributed by atoms with Crippen molar-refractivity contribution < 1.29 is 53.2 Å². The van der Waals surface area contributed by atoms with Crippen molar-refractivity contribution in [3.63, 3.8) is 0 Å². The fraction of sp³-hybridized carbons (Fsp3) is 1.00. The highest BCUT2D eigenvalue weighted by Crippen LogP contribution is 2.31. The monoisotopic (exact) mass is 350 g/mol. The van der Waals surface area contributed by atoms with Crippen LogP contribution in [0.4, 0.5) is 26.3 Å². The van der Waals surface area contributed by atoms with E-state index in [0.717, 1.165) is 0 Å². The van der Waals surface area contributed by atoms with Crippen molar-refractivity contribution in [3.8, 4) is 0 Å². The van der Waals surface area contributed by atoms with Gasteiger partial charge in [-0.2, -0.15) is 30.4 Å². The van der Waals surface area contributed by atoms with Gasteiger partial charge in [0.25, 0.3) is 0 Å². The molecule has 128 valence electrons. The van der Waals surface area contributed by atoms with Crippen molar-refractivity contribution >= 4 is 10.1 Å². The molecule has 0 saturated carbocycles. The summed E-state index contributed by atoms with van der Waals surface area (Å²) in [5, 5.41) is 0. The zero-order chi connectivity index (χ0) is 16.7. The Morgan fingerprint density at radius 3 is 2.00 bits per heavy atom. The van der Waals surface area contributed by atoms with Gasteiger partial charge in [0, 0.05) is 7.11 Å². The van der Waals surface area contributed by atoms with E-state index < -0.39 is 41.3 Å². The van der Waals surface area contributed by atoms with Crippen LogP contribution in [0.2, 0.25) is 0 Å². The Morgan fingerprint density at radius 1 is 1.00 bits per heavy atom. The zero-order valence-corrected chi connectivity index (χ0v) is 11.3. The third kappa shape index (κ3) is 7.26. The molecule has 21 heavy (non-hydrogen) atoms. The smallest absolute Gasteiger partial charge is 0.382 e. The molecular weight excluding hydrogens is 338 g/mol. The molecule has 1 unspecified atom stereocenters. The van der Waals surface area contributed by atoms with Crippen LogP contribution in [0.3, 0.4) is 0 Å². The quantitative estimate of drug-likeness (QED) is 0.257. The van der Waals surface area contributed by atoms with E-state index in [9.17, 15) is 34.8 Å². The largest absolute Gasteiger partial charge is 0.523 e. The van der Waals surface area contributed by atoms with Gasteiger partial charge in [-0.1, -0.05) is 0 Å². The Kier molecular flexibility index (Phi) is 7.88. The minimum Gasteiger partial charge on any atom is -0.382 e. The molecular formula is C8H12F6O6S. The first-order valence-corrected chi connectivity index (χ1v) is 6.57. The molecule has 0 aliphatic carbocycles. The first kappa shape index (κ1) is 20.4. The van der Waals surface area contributed by atoms with Crippen molar-refractivity contribution in [3.05, 3.63) is 0 Å². The molecule has 0 spiro atoms. The Hall–Kier alpha value is -0.630. The van der Waals surface area contributed by atoms with Crippen LogP contribution in [0.15, 0.2) is 0 Å². The van der Waals surface area contributed by atoms with Crippen LogP contribution >= 0.6 is 0 Å². The lowest BCUT2D eigenvalue weighted by atomic mass is 10.6. The summed E-state index contributed by atoms with van der Waals surface area (Å²) in [4.78, 5) is 0. The van der Waals surface area contributed by atoms with E-state index >= 15 is 0 Å². The fourth-order valence-corrected chi connectivity index (χ4v) is 1.21. The van der Waals surface area contributed by atoms with E-state index in [4.69, 9.17) is 0 Å². The maximum atomic E-state index is 12.9. The summed E-state index contributed by atoms with van der Waals surface area (Å²) in [6.07, 6.45) is -9.05. The van der Waals surface area contributed by atoms with E-state index in [1.54, 1.807) is 0 Å². The number of hydrogen-bond acceptors (Lipinski definition) is 6. The number of methoxy groups -OCH3 is 1. The highest BCUT2D eigenvalue weighted by Gasteiger charge is 2.54. The highest BCUT2D eigenvalue weighted by molar-refractivity contribution is 7.87. The van der Waals surface area contributed by atoms with Crippen molar-refractivity contribution in [2.45, 2.75) is 18.0 Å². The molecule has 0 fully saturated rings. The molecule has 0 aromatic carbocycles. The number of alkyl halides is 6. The Bertz CT molecular complexity index is 397. The summed E-state index contributed by atoms with van der Waals surface area (Å²) in [7, 11) is -5.16. The van der Waals surface area contributed by atoms with Crippen LogP contribution in [0.25, 0.3) is 0 Å². The molecule has 0 saturated heterocycles. The normalized spacial score (nSPS) is 15.2. The molecule has 0 aromatic heterocycles. The number of hydrogen-bond donors (Lipinski definition) is 0. The fourth-order valence-electron chi connectivity index (χ4n) is 0.768. The molecule has 0 heterocycles. The molecule has 0 aromatic rings. The van der Waals surface area contributed by atoms with Gasteiger partial charge in [-0.25, -0.2) is 8.57 Å². The molecule has 0 aliphatic heterocycles. The Morgan fingerprint density at radius 2 is 1.52 bits per heavy atom. The molecule has 0 amide bonds. The van der Waals surface area contributed by atoms with Crippen LogP contribution in [0.5, 0.6) is 0 Å². The predicted molar refractivity (Wildman–Crippen MR) is 54.5 cm³/mol. The second kappa shape index (κ2) is 8.12. The van der Waals surface area contributed by atoms with E-state index in [1.807, 2.05) is 0 Å². The van der Waals surface area contributed by atoms with Crippen molar-refractivity contribution in [2.24, 2.45) is 0 Å². The lowest BCUT2D eigenvalue weighted by Gasteiger charge is -2.20. The maximum Gasteiger partial charge on any atom is 0.523 e. The van der Waals surface area contributed by atoms with Gasteiger partial charge >= 0.3 is 28.1 Å². The van der Waals surface area contributed by atoms with E-state index in [0.29, 0.717) is 0 Å². The van der Waals surface area contributed by atoms with Gasteiger partial charge in [0.15, 0.2) is 0 Å². The summed E-state index contributed by atoms with van der Waals surface area (Å²) < 4.78 is 110. The molecule has 0 N–H and O–H groups in total. The summed E-state index contributed by atoms with van der Waals surface area (Å²) in [5.74, 6) is 0. The van der Waals surface area contributed by atoms with Gasteiger partial charge in [-0.3, -0.25) is 0 Å². The van der Waals surface area contributed by atoms with Crippen LogP contribution in [-0.2, 0) is 28.5 Å². The third-order valence-corrected chi connectivity index (χ3v) is 2.70. The first-order valence-electron chi connectivity index (χ1n) is 5.16. The topological polar surface area (TPSA) is 71.1 Å². The lowest BCUT2D eigenvalue weighted by Crippen LogP contribution is -2.40. The van der Waals surface area contributed by atoms with Gasteiger partial charge in [0.05, 0.1) is 26.4 Å². The minimum absolute atomic E-state index is 0.0173. The molecule has 13 heteroatoms. The van der Waals surface area contributed by atoms with Gasteiger partial charge in [-0.15, -0.1) is 0 Å². The van der Waals surface area contributed by atoms with Crippen molar-refractivity contribution in [1.29, 1.82) is 0 Å². The van der Waals surface area contributed by atoms with Crippen LogP contribution in [0, 0.1) is 0 Å². The minimum atomic E-state index is -6.51. The van der Waals surface area contributed by atoms with Gasteiger partial charge in [0.1, 0.15) is 0 Å². The van der Waals surface area contributed by atoms with Gasteiger partial charge < -0.3 is 14.2 Å². The maximum absolute atomic E-state index is 12.9. The Labute approximate surface area is 116 Å². The second-order valence-electron chi connectivity index (χ2n) is 3.33. The van der Waals surface area contributed by atoms with Gasteiger partial charge in [-0.05, 0) is 0 Å². The molecule has 0 radical (unpaired) electrons. The summed E-state index contributed by atoms with van der Waals surface area (Å²) in [5.41, 5.74) is -6.03.